The van der Waals surface area contributed by atoms with Crippen LogP contribution in [-0.2, 0) is 0 Å². The highest BCUT2D eigenvalue weighted by Crippen LogP contribution is 2.42. The van der Waals surface area contributed by atoms with Gasteiger partial charge in [-0.3, -0.25) is 0 Å². The molecular weight excluding hydrogens is 481 g/mol. The average Bonchev–Trinajstić information content (AvgIpc) is 2.35. The maximum atomic E-state index is 6.06. The molecule has 110 valence electrons. The van der Waals surface area contributed by atoms with Crippen molar-refractivity contribution in [1.29, 1.82) is 0 Å². The van der Waals surface area contributed by atoms with E-state index in [1.807, 2.05) is 12.1 Å². The molecule has 1 saturated carbocycles. The second-order valence-corrected chi connectivity index (χ2v) is 8.37. The quantitative estimate of drug-likeness (QED) is 0.485. The van der Waals surface area contributed by atoms with Crippen LogP contribution in [0.25, 0.3) is 0 Å². The Labute approximate surface area is 154 Å². The van der Waals surface area contributed by atoms with Crippen molar-refractivity contribution in [3.05, 3.63) is 60.4 Å². The van der Waals surface area contributed by atoms with Crippen LogP contribution in [0, 0.1) is 0 Å². The van der Waals surface area contributed by atoms with Gasteiger partial charge in [0.2, 0.25) is 0 Å². The number of anilines is 1. The maximum Gasteiger partial charge on any atom is 0.0631 e. The van der Waals surface area contributed by atoms with Crippen LogP contribution < -0.4 is 5.32 Å². The molecule has 1 aliphatic rings. The average molecular weight is 494 g/mol. The molecule has 1 nitrogen and oxygen atoms in total. The first kappa shape index (κ1) is 15.9. The molecular formula is C16H13Br3ClN. The van der Waals surface area contributed by atoms with Crippen molar-refractivity contribution in [3.63, 3.8) is 0 Å². The first-order chi connectivity index (χ1) is 10.0. The van der Waals surface area contributed by atoms with E-state index < -0.39 is 0 Å². The molecule has 1 aliphatic carbocycles. The minimum atomic E-state index is 0.503. The van der Waals surface area contributed by atoms with Gasteiger partial charge in [-0.25, -0.2) is 0 Å². The van der Waals surface area contributed by atoms with Gasteiger partial charge in [0.1, 0.15) is 0 Å². The van der Waals surface area contributed by atoms with Crippen molar-refractivity contribution in [1.82, 2.24) is 0 Å². The Hall–Kier alpha value is -0.0300. The molecule has 5 heteroatoms. The Morgan fingerprint density at radius 2 is 1.67 bits per heavy atom. The Balaban J connectivity index is 1.65. The monoisotopic (exact) mass is 491 g/mol. The molecule has 3 rings (SSSR count). The van der Waals surface area contributed by atoms with Crippen molar-refractivity contribution >= 4 is 65.1 Å². The van der Waals surface area contributed by atoms with Gasteiger partial charge in [-0.2, -0.15) is 0 Å². The van der Waals surface area contributed by atoms with E-state index in [0.29, 0.717) is 12.0 Å². The van der Waals surface area contributed by atoms with Gasteiger partial charge in [-0.1, -0.05) is 39.7 Å². The molecule has 2 aromatic carbocycles. The van der Waals surface area contributed by atoms with Crippen LogP contribution in [0.15, 0.2) is 49.8 Å². The summed E-state index contributed by atoms with van der Waals surface area (Å²) in [6.07, 6.45) is 2.27. The molecule has 1 fully saturated rings. The summed E-state index contributed by atoms with van der Waals surface area (Å²) in [5.74, 6) is 0.606. The van der Waals surface area contributed by atoms with Crippen LogP contribution in [0.2, 0.25) is 5.02 Å². The second-order valence-electron chi connectivity index (χ2n) is 5.31. The van der Waals surface area contributed by atoms with Gasteiger partial charge in [0.05, 0.1) is 5.69 Å². The number of benzene rings is 2. The van der Waals surface area contributed by atoms with E-state index in [9.17, 15) is 0 Å². The summed E-state index contributed by atoms with van der Waals surface area (Å²) < 4.78 is 3.18. The SMILES string of the molecule is Clc1cccc(C2CC(Nc3c(Br)cc(Br)cc3Br)C2)c1. The van der Waals surface area contributed by atoms with Crippen molar-refractivity contribution in [2.45, 2.75) is 24.8 Å². The zero-order valence-corrected chi connectivity index (χ0v) is 16.6. The fourth-order valence-corrected chi connectivity index (χ4v) is 5.34. The first-order valence-electron chi connectivity index (χ1n) is 6.69. The van der Waals surface area contributed by atoms with Crippen molar-refractivity contribution in [2.24, 2.45) is 0 Å². The Morgan fingerprint density at radius 1 is 1.00 bits per heavy atom. The first-order valence-corrected chi connectivity index (χ1v) is 9.45. The number of halogens is 4. The van der Waals surface area contributed by atoms with E-state index >= 15 is 0 Å². The molecule has 0 spiro atoms. The van der Waals surface area contributed by atoms with E-state index in [4.69, 9.17) is 11.6 Å². The normalized spacial score (nSPS) is 21.0. The molecule has 0 aromatic heterocycles. The molecule has 0 amide bonds. The van der Waals surface area contributed by atoms with Gasteiger partial charge < -0.3 is 5.32 Å². The highest BCUT2D eigenvalue weighted by Gasteiger charge is 2.31. The molecule has 0 aliphatic heterocycles. The van der Waals surface area contributed by atoms with E-state index in [1.165, 1.54) is 5.56 Å². The fourth-order valence-electron chi connectivity index (χ4n) is 2.65. The van der Waals surface area contributed by atoms with Crippen molar-refractivity contribution in [2.75, 3.05) is 5.32 Å². The Kier molecular flexibility index (Phi) is 4.99. The topological polar surface area (TPSA) is 12.0 Å². The minimum absolute atomic E-state index is 0.503. The van der Waals surface area contributed by atoms with Crippen LogP contribution in [0.3, 0.4) is 0 Å². The molecule has 1 N–H and O–H groups in total. The minimum Gasteiger partial charge on any atom is -0.380 e. The molecule has 0 bridgehead atoms. The highest BCUT2D eigenvalue weighted by molar-refractivity contribution is 9.11. The molecule has 0 saturated heterocycles. The van der Waals surface area contributed by atoms with Crippen LogP contribution >= 0.6 is 59.4 Å². The third-order valence-corrected chi connectivity index (χ3v) is 5.76. The van der Waals surface area contributed by atoms with E-state index in [1.54, 1.807) is 0 Å². The number of rotatable bonds is 3. The lowest BCUT2D eigenvalue weighted by Gasteiger charge is -2.37. The summed E-state index contributed by atoms with van der Waals surface area (Å²) in [6, 6.07) is 12.8. The highest BCUT2D eigenvalue weighted by atomic mass is 79.9. The van der Waals surface area contributed by atoms with E-state index in [-0.39, 0.29) is 0 Å². The van der Waals surface area contributed by atoms with E-state index in [0.717, 1.165) is 37.0 Å². The second kappa shape index (κ2) is 6.61. The number of nitrogens with one attached hydrogen (secondary N) is 1. The van der Waals surface area contributed by atoms with Gasteiger partial charge in [0, 0.05) is 24.5 Å². The zero-order chi connectivity index (χ0) is 15.0. The van der Waals surface area contributed by atoms with Crippen LogP contribution in [0.5, 0.6) is 0 Å². The zero-order valence-electron chi connectivity index (χ0n) is 11.0. The third-order valence-electron chi connectivity index (χ3n) is 3.81. The van der Waals surface area contributed by atoms with Crippen LogP contribution in [-0.4, -0.2) is 6.04 Å². The van der Waals surface area contributed by atoms with Gasteiger partial charge in [0.15, 0.2) is 0 Å². The Bertz CT molecular complexity index is 645. The summed E-state index contributed by atoms with van der Waals surface area (Å²) >= 11 is 16.8. The van der Waals surface area contributed by atoms with Gasteiger partial charge >= 0.3 is 0 Å². The van der Waals surface area contributed by atoms with Gasteiger partial charge in [-0.15, -0.1) is 0 Å². The Morgan fingerprint density at radius 3 is 2.29 bits per heavy atom. The molecule has 2 aromatic rings. The van der Waals surface area contributed by atoms with Crippen molar-refractivity contribution in [3.8, 4) is 0 Å². The third kappa shape index (κ3) is 3.66. The summed E-state index contributed by atoms with van der Waals surface area (Å²) in [5.41, 5.74) is 2.46. The van der Waals surface area contributed by atoms with Crippen LogP contribution in [0.1, 0.15) is 24.3 Å². The number of hydrogen-bond donors (Lipinski definition) is 1. The molecule has 0 atom stereocenters. The summed E-state index contributed by atoms with van der Waals surface area (Å²) in [6.45, 7) is 0. The standard InChI is InChI=1S/C16H13Br3ClN/c17-11-7-14(18)16(15(19)8-11)21-13-5-10(6-13)9-2-1-3-12(20)4-9/h1-4,7-8,10,13,21H,5-6H2. The molecule has 21 heavy (non-hydrogen) atoms. The lowest BCUT2D eigenvalue weighted by molar-refractivity contribution is 0.374. The van der Waals surface area contributed by atoms with Crippen molar-refractivity contribution < 1.29 is 0 Å². The van der Waals surface area contributed by atoms with E-state index in [2.05, 4.69) is 77.4 Å². The maximum absolute atomic E-state index is 6.06. The molecule has 0 radical (unpaired) electrons. The molecule has 0 unspecified atom stereocenters. The fraction of sp³-hybridized carbons (Fsp3) is 0.250. The lowest BCUT2D eigenvalue weighted by atomic mass is 9.76. The summed E-state index contributed by atoms with van der Waals surface area (Å²) in [5, 5.41) is 4.43. The van der Waals surface area contributed by atoms with Gasteiger partial charge in [-0.05, 0) is 80.4 Å². The summed E-state index contributed by atoms with van der Waals surface area (Å²) in [7, 11) is 0. The smallest absolute Gasteiger partial charge is 0.0631 e. The number of hydrogen-bond acceptors (Lipinski definition) is 1. The lowest BCUT2D eigenvalue weighted by Crippen LogP contribution is -2.34. The predicted octanol–water partition coefficient (Wildman–Crippen LogP) is 6.99. The van der Waals surface area contributed by atoms with Gasteiger partial charge in [0.25, 0.3) is 0 Å². The predicted molar refractivity (Wildman–Crippen MR) is 100 cm³/mol. The summed E-state index contributed by atoms with van der Waals surface area (Å²) in [4.78, 5) is 0. The van der Waals surface area contributed by atoms with Crippen LogP contribution in [0.4, 0.5) is 5.69 Å². The molecule has 0 heterocycles. The largest absolute Gasteiger partial charge is 0.380 e.